The number of primary amides is 1. The molecule has 2 aliphatic heterocycles. The Morgan fingerprint density at radius 1 is 1.29 bits per heavy atom. The second-order valence-electron chi connectivity index (χ2n) is 10.1. The van der Waals surface area contributed by atoms with Gasteiger partial charge in [-0.2, -0.15) is 0 Å². The number of carbonyl (C=O) groups excluding carboxylic acids is 4. The second-order valence-corrected chi connectivity index (χ2v) is 10.1. The van der Waals surface area contributed by atoms with Crippen molar-refractivity contribution in [1.29, 1.82) is 0 Å². The average molecular weight is 492 g/mol. The first-order chi connectivity index (χ1) is 15.8. The zero-order chi connectivity index (χ0) is 25.3. The number of ether oxygens (including phenoxy) is 2. The van der Waals surface area contributed by atoms with Crippen molar-refractivity contribution in [3.63, 3.8) is 0 Å². The highest BCUT2D eigenvalue weighted by atomic mass is 19.4. The molecule has 0 bridgehead atoms. The molecule has 0 radical (unpaired) electrons. The van der Waals surface area contributed by atoms with Gasteiger partial charge in [-0.05, 0) is 43.9 Å². The Labute approximate surface area is 195 Å². The van der Waals surface area contributed by atoms with Crippen molar-refractivity contribution >= 4 is 23.5 Å². The van der Waals surface area contributed by atoms with Gasteiger partial charge in [0.2, 0.25) is 17.7 Å². The summed E-state index contributed by atoms with van der Waals surface area (Å²) in [5, 5.41) is 5.24. The molecule has 192 valence electrons. The van der Waals surface area contributed by atoms with Crippen LogP contribution in [0.2, 0.25) is 0 Å². The van der Waals surface area contributed by atoms with E-state index in [4.69, 9.17) is 10.5 Å². The van der Waals surface area contributed by atoms with Gasteiger partial charge in [-0.1, -0.05) is 13.8 Å². The van der Waals surface area contributed by atoms with Gasteiger partial charge >= 0.3 is 6.36 Å². The van der Waals surface area contributed by atoms with Crippen LogP contribution in [0, 0.1) is 29.1 Å². The van der Waals surface area contributed by atoms with E-state index >= 15 is 0 Å². The topological polar surface area (TPSA) is 137 Å². The van der Waals surface area contributed by atoms with Crippen LogP contribution in [0.4, 0.5) is 13.2 Å². The van der Waals surface area contributed by atoms with E-state index in [1.54, 1.807) is 0 Å². The molecule has 0 aromatic rings. The molecule has 12 heteroatoms. The lowest BCUT2D eigenvalue weighted by atomic mass is 9.85. The number of halogens is 3. The molecule has 0 aromatic carbocycles. The van der Waals surface area contributed by atoms with Gasteiger partial charge in [-0.25, -0.2) is 0 Å². The molecule has 6 atom stereocenters. The van der Waals surface area contributed by atoms with Crippen LogP contribution in [-0.2, 0) is 28.7 Å². The van der Waals surface area contributed by atoms with E-state index in [2.05, 4.69) is 15.4 Å². The zero-order valence-electron chi connectivity index (χ0n) is 19.3. The Morgan fingerprint density at radius 3 is 2.53 bits per heavy atom. The van der Waals surface area contributed by atoms with Gasteiger partial charge in [0, 0.05) is 23.8 Å². The molecule has 2 saturated heterocycles. The second kappa shape index (κ2) is 10.2. The van der Waals surface area contributed by atoms with Crippen LogP contribution in [0.25, 0.3) is 0 Å². The highest BCUT2D eigenvalue weighted by Crippen LogP contribution is 2.63. The van der Waals surface area contributed by atoms with Gasteiger partial charge in [0.1, 0.15) is 12.7 Å². The van der Waals surface area contributed by atoms with E-state index < -0.39 is 54.5 Å². The van der Waals surface area contributed by atoms with Crippen LogP contribution in [0.15, 0.2) is 0 Å². The molecule has 0 aromatic heterocycles. The number of ketones is 1. The molecule has 1 aliphatic carbocycles. The lowest BCUT2D eigenvalue weighted by molar-refractivity contribution is -0.321. The van der Waals surface area contributed by atoms with Gasteiger partial charge in [-0.15, -0.1) is 13.2 Å². The third-order valence-corrected chi connectivity index (χ3v) is 7.05. The van der Waals surface area contributed by atoms with Crippen molar-refractivity contribution in [2.75, 3.05) is 19.8 Å². The molecule has 3 fully saturated rings. The van der Waals surface area contributed by atoms with Gasteiger partial charge < -0.3 is 21.1 Å². The van der Waals surface area contributed by atoms with Gasteiger partial charge in [0.05, 0.1) is 12.6 Å². The molecule has 3 amide bonds. The summed E-state index contributed by atoms with van der Waals surface area (Å²) in [6.07, 6.45) is -3.82. The van der Waals surface area contributed by atoms with Gasteiger partial charge in [-0.3, -0.25) is 23.9 Å². The number of nitrogens with two attached hydrogens (primary N) is 1. The van der Waals surface area contributed by atoms with E-state index in [0.29, 0.717) is 38.8 Å². The maximum Gasteiger partial charge on any atom is 0.522 e. The summed E-state index contributed by atoms with van der Waals surface area (Å²) in [5.74, 6) is -3.34. The summed E-state index contributed by atoms with van der Waals surface area (Å²) in [4.78, 5) is 49.4. The van der Waals surface area contributed by atoms with E-state index in [1.807, 2.05) is 13.8 Å². The van der Waals surface area contributed by atoms with E-state index in [0.717, 1.165) is 0 Å². The first-order valence-electron chi connectivity index (χ1n) is 11.5. The quantitative estimate of drug-likeness (QED) is 0.395. The molecule has 1 saturated carbocycles. The minimum atomic E-state index is -4.99. The Morgan fingerprint density at radius 2 is 2.00 bits per heavy atom. The van der Waals surface area contributed by atoms with Crippen LogP contribution >= 0.6 is 0 Å². The van der Waals surface area contributed by atoms with Crippen LogP contribution in [-0.4, -0.2) is 61.8 Å². The van der Waals surface area contributed by atoms with Crippen molar-refractivity contribution in [2.24, 2.45) is 34.8 Å². The SMILES string of the molecule is CC(C)C[C@H](C(=O)N[C@@H](C[C@@H]1CCNC1=O)C(=O)COC(F)(F)F)C1CC12COC(C(N)=O)C2. The van der Waals surface area contributed by atoms with Crippen LogP contribution in [0.3, 0.4) is 0 Å². The lowest BCUT2D eigenvalue weighted by Gasteiger charge is -2.25. The van der Waals surface area contributed by atoms with Crippen molar-refractivity contribution in [2.45, 2.75) is 64.5 Å². The molecule has 1 spiro atoms. The molecule has 2 heterocycles. The Kier molecular flexibility index (Phi) is 7.91. The number of alkyl halides is 3. The monoisotopic (exact) mass is 491 g/mol. The number of amides is 3. The van der Waals surface area contributed by atoms with Crippen molar-refractivity contribution in [3.8, 4) is 0 Å². The third kappa shape index (κ3) is 6.47. The van der Waals surface area contributed by atoms with Crippen LogP contribution < -0.4 is 16.4 Å². The summed E-state index contributed by atoms with van der Waals surface area (Å²) in [5.41, 5.74) is 5.00. The normalized spacial score (nSPS) is 30.3. The molecule has 9 nitrogen and oxygen atoms in total. The summed E-state index contributed by atoms with van der Waals surface area (Å²) >= 11 is 0. The predicted octanol–water partition coefficient (Wildman–Crippen LogP) is 1.05. The minimum Gasteiger partial charge on any atom is -0.368 e. The highest BCUT2D eigenvalue weighted by Gasteiger charge is 2.63. The van der Waals surface area contributed by atoms with Gasteiger partial charge in [0.15, 0.2) is 5.78 Å². The molecule has 4 N–H and O–H groups in total. The summed E-state index contributed by atoms with van der Waals surface area (Å²) in [6.45, 7) is 3.33. The Bertz CT molecular complexity index is 820. The van der Waals surface area contributed by atoms with E-state index in [9.17, 15) is 32.3 Å². The number of carbonyl (C=O) groups is 4. The van der Waals surface area contributed by atoms with Crippen molar-refractivity contribution in [1.82, 2.24) is 10.6 Å². The standard InChI is InChI=1S/C22H32F3N3O6/c1-11(2)5-13(14-7-21(14)8-17(18(26)30)33-10-21)20(32)28-15(6-12-3-4-27-19(12)31)16(29)9-34-22(23,24)25/h11-15,17H,3-10H2,1-2H3,(H2,26,30)(H,27,31)(H,28,32)/t12-,13-,14?,15-,17?,21?/m0/s1. The predicted molar refractivity (Wildman–Crippen MR) is 112 cm³/mol. The fourth-order valence-corrected chi connectivity index (χ4v) is 5.20. The number of hydrogen-bond acceptors (Lipinski definition) is 6. The molecule has 3 unspecified atom stereocenters. The first-order valence-corrected chi connectivity index (χ1v) is 11.5. The number of rotatable bonds is 11. The largest absolute Gasteiger partial charge is 0.522 e. The number of Topliss-reactive ketones (excluding diaryl/α,β-unsaturated/α-hetero) is 1. The molecular formula is C22H32F3N3O6. The van der Waals surface area contributed by atoms with Crippen molar-refractivity contribution in [3.05, 3.63) is 0 Å². The Hall–Kier alpha value is -2.21. The fraction of sp³-hybridized carbons (Fsp3) is 0.818. The van der Waals surface area contributed by atoms with Crippen LogP contribution in [0.5, 0.6) is 0 Å². The lowest BCUT2D eigenvalue weighted by Crippen LogP contribution is -2.47. The maximum absolute atomic E-state index is 13.3. The zero-order valence-corrected chi connectivity index (χ0v) is 19.3. The Balaban J connectivity index is 1.71. The summed E-state index contributed by atoms with van der Waals surface area (Å²) < 4.78 is 46.6. The van der Waals surface area contributed by atoms with Crippen molar-refractivity contribution < 1.29 is 41.8 Å². The van der Waals surface area contributed by atoms with Crippen LogP contribution in [0.1, 0.15) is 46.0 Å². The fourth-order valence-electron chi connectivity index (χ4n) is 5.20. The number of hydrogen-bond donors (Lipinski definition) is 3. The van der Waals surface area contributed by atoms with E-state index in [-0.39, 0.29) is 29.6 Å². The number of nitrogens with one attached hydrogen (secondary N) is 2. The molecular weight excluding hydrogens is 459 g/mol. The summed E-state index contributed by atoms with van der Waals surface area (Å²) in [7, 11) is 0. The molecule has 3 rings (SSSR count). The average Bonchev–Trinajstić information content (AvgIpc) is 3.02. The molecule has 34 heavy (non-hydrogen) atoms. The molecule has 3 aliphatic rings. The van der Waals surface area contributed by atoms with E-state index in [1.165, 1.54) is 0 Å². The smallest absolute Gasteiger partial charge is 0.368 e. The summed E-state index contributed by atoms with van der Waals surface area (Å²) in [6, 6.07) is -1.29. The van der Waals surface area contributed by atoms with Gasteiger partial charge in [0.25, 0.3) is 0 Å². The maximum atomic E-state index is 13.3. The third-order valence-electron chi connectivity index (χ3n) is 7.05. The first kappa shape index (κ1) is 26.4. The minimum absolute atomic E-state index is 0.101. The highest BCUT2D eigenvalue weighted by molar-refractivity contribution is 5.91.